The molecule has 1 amide bonds. The molecule has 1 aliphatic rings. The predicted molar refractivity (Wildman–Crippen MR) is 51.5 cm³/mol. The van der Waals surface area contributed by atoms with E-state index in [4.69, 9.17) is 11.0 Å². The van der Waals surface area contributed by atoms with Gasteiger partial charge in [0.2, 0.25) is 5.91 Å². The molecule has 14 heavy (non-hydrogen) atoms. The summed E-state index contributed by atoms with van der Waals surface area (Å²) in [6.07, 6.45) is 1.76. The number of hydrogen-bond acceptors (Lipinski definition) is 2. The summed E-state index contributed by atoms with van der Waals surface area (Å²) < 4.78 is 0. The molecular weight excluding hydrogens is 176 g/mol. The highest BCUT2D eigenvalue weighted by atomic mass is 16.1. The standard InChI is InChI=1S/C11H10N2O/c12-7-11(4-5-11)9-3-1-2-8(6-9)10(13)14/h1-3,6H,4-5H2,(H2,13,14). The molecule has 2 rings (SSSR count). The monoisotopic (exact) mass is 186 g/mol. The van der Waals surface area contributed by atoms with Crippen molar-refractivity contribution in [1.82, 2.24) is 0 Å². The number of carbonyl (C=O) groups is 1. The summed E-state index contributed by atoms with van der Waals surface area (Å²) in [7, 11) is 0. The van der Waals surface area contributed by atoms with Gasteiger partial charge in [0.15, 0.2) is 0 Å². The minimum atomic E-state index is -0.444. The first kappa shape index (κ1) is 8.76. The Kier molecular flexibility index (Phi) is 1.78. The van der Waals surface area contributed by atoms with Gasteiger partial charge in [-0.3, -0.25) is 4.79 Å². The van der Waals surface area contributed by atoms with E-state index in [1.807, 2.05) is 6.07 Å². The fourth-order valence-electron chi connectivity index (χ4n) is 1.56. The Morgan fingerprint density at radius 1 is 1.50 bits per heavy atom. The zero-order valence-corrected chi connectivity index (χ0v) is 7.66. The molecule has 1 aliphatic carbocycles. The molecule has 0 bridgehead atoms. The van der Waals surface area contributed by atoms with Crippen LogP contribution in [0.5, 0.6) is 0 Å². The van der Waals surface area contributed by atoms with Crippen molar-refractivity contribution in [3.05, 3.63) is 35.4 Å². The van der Waals surface area contributed by atoms with Crippen molar-refractivity contribution in [2.45, 2.75) is 18.3 Å². The number of benzene rings is 1. The molecule has 0 radical (unpaired) electrons. The van der Waals surface area contributed by atoms with Gasteiger partial charge < -0.3 is 5.73 Å². The third kappa shape index (κ3) is 1.25. The van der Waals surface area contributed by atoms with Crippen LogP contribution in [0.4, 0.5) is 0 Å². The molecule has 1 aromatic rings. The largest absolute Gasteiger partial charge is 0.366 e. The van der Waals surface area contributed by atoms with Crippen LogP contribution in [0.15, 0.2) is 24.3 Å². The van der Waals surface area contributed by atoms with Gasteiger partial charge in [0.1, 0.15) is 0 Å². The number of hydrogen-bond donors (Lipinski definition) is 1. The van der Waals surface area contributed by atoms with Crippen LogP contribution in [0.1, 0.15) is 28.8 Å². The molecule has 0 saturated heterocycles. The van der Waals surface area contributed by atoms with Crippen LogP contribution in [0.2, 0.25) is 0 Å². The third-order valence-electron chi connectivity index (χ3n) is 2.66. The summed E-state index contributed by atoms with van der Waals surface area (Å²) in [6, 6.07) is 9.32. The number of amides is 1. The van der Waals surface area contributed by atoms with Gasteiger partial charge in [-0.05, 0) is 30.5 Å². The van der Waals surface area contributed by atoms with Crippen LogP contribution >= 0.6 is 0 Å². The topological polar surface area (TPSA) is 66.9 Å². The maximum atomic E-state index is 10.9. The third-order valence-corrected chi connectivity index (χ3v) is 2.66. The van der Waals surface area contributed by atoms with Crippen molar-refractivity contribution >= 4 is 5.91 Å². The van der Waals surface area contributed by atoms with Crippen molar-refractivity contribution in [1.29, 1.82) is 5.26 Å². The molecule has 1 aromatic carbocycles. The summed E-state index contributed by atoms with van der Waals surface area (Å²) in [6.45, 7) is 0. The number of nitriles is 1. The van der Waals surface area contributed by atoms with Gasteiger partial charge >= 0.3 is 0 Å². The Hall–Kier alpha value is -1.82. The van der Waals surface area contributed by atoms with E-state index in [2.05, 4.69) is 6.07 Å². The first-order valence-electron chi connectivity index (χ1n) is 4.49. The highest BCUT2D eigenvalue weighted by Gasteiger charge is 2.44. The molecule has 70 valence electrons. The smallest absolute Gasteiger partial charge is 0.248 e. The van der Waals surface area contributed by atoms with Gasteiger partial charge in [-0.25, -0.2) is 0 Å². The highest BCUT2D eigenvalue weighted by molar-refractivity contribution is 5.93. The maximum Gasteiger partial charge on any atom is 0.248 e. The van der Waals surface area contributed by atoms with Crippen molar-refractivity contribution in [2.24, 2.45) is 5.73 Å². The zero-order chi connectivity index (χ0) is 10.2. The van der Waals surface area contributed by atoms with E-state index in [-0.39, 0.29) is 5.41 Å². The summed E-state index contributed by atoms with van der Waals surface area (Å²) in [5.41, 5.74) is 6.21. The van der Waals surface area contributed by atoms with Crippen LogP contribution in [-0.2, 0) is 5.41 Å². The van der Waals surface area contributed by atoms with Crippen LogP contribution in [0.25, 0.3) is 0 Å². The number of nitrogens with two attached hydrogens (primary N) is 1. The Labute approximate surface area is 82.1 Å². The zero-order valence-electron chi connectivity index (χ0n) is 7.66. The molecule has 1 saturated carbocycles. The second-order valence-electron chi connectivity index (χ2n) is 3.64. The molecule has 3 heteroatoms. The Morgan fingerprint density at radius 2 is 2.21 bits per heavy atom. The predicted octanol–water partition coefficient (Wildman–Crippen LogP) is 1.34. The molecule has 0 spiro atoms. The van der Waals surface area contributed by atoms with Gasteiger partial charge in [0.25, 0.3) is 0 Å². The van der Waals surface area contributed by atoms with E-state index in [1.165, 1.54) is 0 Å². The first-order chi connectivity index (χ1) is 6.68. The van der Waals surface area contributed by atoms with Crippen molar-refractivity contribution in [3.63, 3.8) is 0 Å². The average Bonchev–Trinajstić information content (AvgIpc) is 2.98. The molecule has 0 atom stereocenters. The van der Waals surface area contributed by atoms with Crippen LogP contribution < -0.4 is 5.73 Å². The molecule has 2 N–H and O–H groups in total. The minimum Gasteiger partial charge on any atom is -0.366 e. The maximum absolute atomic E-state index is 10.9. The molecule has 0 unspecified atom stereocenters. The lowest BCUT2D eigenvalue weighted by atomic mass is 9.96. The van der Waals surface area contributed by atoms with Gasteiger partial charge in [0.05, 0.1) is 11.5 Å². The van der Waals surface area contributed by atoms with Gasteiger partial charge in [0, 0.05) is 5.56 Å². The van der Waals surface area contributed by atoms with Crippen molar-refractivity contribution < 1.29 is 4.79 Å². The van der Waals surface area contributed by atoms with E-state index in [9.17, 15) is 4.79 Å². The fourth-order valence-corrected chi connectivity index (χ4v) is 1.56. The second kappa shape index (κ2) is 2.85. The van der Waals surface area contributed by atoms with Gasteiger partial charge in [-0.1, -0.05) is 12.1 Å². The molecular formula is C11H10N2O. The lowest BCUT2D eigenvalue weighted by molar-refractivity contribution is 0.1000. The normalized spacial score (nSPS) is 17.1. The molecule has 1 fully saturated rings. The SMILES string of the molecule is N#CC1(c2cccc(C(N)=O)c2)CC1. The van der Waals surface area contributed by atoms with E-state index in [0.717, 1.165) is 18.4 Å². The van der Waals surface area contributed by atoms with Crippen molar-refractivity contribution in [3.8, 4) is 6.07 Å². The van der Waals surface area contributed by atoms with Crippen LogP contribution in [0, 0.1) is 11.3 Å². The quantitative estimate of drug-likeness (QED) is 0.757. The summed E-state index contributed by atoms with van der Waals surface area (Å²) in [5, 5.41) is 8.97. The Bertz CT molecular complexity index is 427. The number of primary amides is 1. The van der Waals surface area contributed by atoms with E-state index in [0.29, 0.717) is 5.56 Å². The lowest BCUT2D eigenvalue weighted by Gasteiger charge is -2.06. The number of rotatable bonds is 2. The Morgan fingerprint density at radius 3 is 2.71 bits per heavy atom. The fraction of sp³-hybridized carbons (Fsp3) is 0.273. The van der Waals surface area contributed by atoms with Crippen LogP contribution in [-0.4, -0.2) is 5.91 Å². The number of carbonyl (C=O) groups excluding carboxylic acids is 1. The second-order valence-corrected chi connectivity index (χ2v) is 3.64. The number of nitrogens with zero attached hydrogens (tertiary/aromatic N) is 1. The summed E-state index contributed by atoms with van der Waals surface area (Å²) in [4.78, 5) is 10.9. The molecule has 0 aromatic heterocycles. The van der Waals surface area contributed by atoms with Gasteiger partial charge in [-0.2, -0.15) is 5.26 Å². The van der Waals surface area contributed by atoms with E-state index >= 15 is 0 Å². The Balaban J connectivity index is 2.42. The minimum absolute atomic E-state index is 0.342. The highest BCUT2D eigenvalue weighted by Crippen LogP contribution is 2.47. The lowest BCUT2D eigenvalue weighted by Crippen LogP contribution is -2.12. The molecule has 0 heterocycles. The summed E-state index contributed by atoms with van der Waals surface area (Å²) >= 11 is 0. The first-order valence-corrected chi connectivity index (χ1v) is 4.49. The van der Waals surface area contributed by atoms with Crippen LogP contribution in [0.3, 0.4) is 0 Å². The van der Waals surface area contributed by atoms with Crippen molar-refractivity contribution in [2.75, 3.05) is 0 Å². The van der Waals surface area contributed by atoms with E-state index < -0.39 is 5.91 Å². The van der Waals surface area contributed by atoms with Gasteiger partial charge in [-0.15, -0.1) is 0 Å². The van der Waals surface area contributed by atoms with E-state index in [1.54, 1.807) is 18.2 Å². The molecule has 0 aliphatic heterocycles. The summed E-state index contributed by atoms with van der Waals surface area (Å²) in [5.74, 6) is -0.444. The molecule has 3 nitrogen and oxygen atoms in total. The average molecular weight is 186 g/mol.